The largest absolute Gasteiger partial charge is 0.493 e. The number of fused-ring (bicyclic) bond motifs is 1. The first kappa shape index (κ1) is 18.9. The third kappa shape index (κ3) is 3.50. The van der Waals surface area contributed by atoms with Gasteiger partial charge in [-0.25, -0.2) is 0 Å². The fourth-order valence-corrected chi connectivity index (χ4v) is 3.77. The molecule has 7 nitrogen and oxygen atoms in total. The van der Waals surface area contributed by atoms with Crippen molar-refractivity contribution in [3.05, 3.63) is 90.0 Å². The highest BCUT2D eigenvalue weighted by atomic mass is 16.5. The third-order valence-electron chi connectivity index (χ3n) is 5.38. The third-order valence-corrected chi connectivity index (χ3v) is 5.38. The number of hydrogen-bond acceptors (Lipinski definition) is 6. The lowest BCUT2D eigenvalue weighted by molar-refractivity contribution is 0.354. The number of anilines is 1. The average molecular weight is 411 g/mol. The van der Waals surface area contributed by atoms with Crippen LogP contribution < -0.4 is 14.8 Å². The SMILES string of the molecule is COc1ccc(C2C=C(c3ccc(-c4ccccc4)cc3)Nc3nnnn32)cc1OC. The number of ether oxygens (including phenoxy) is 2. The summed E-state index contributed by atoms with van der Waals surface area (Å²) in [5.74, 6) is 1.93. The summed E-state index contributed by atoms with van der Waals surface area (Å²) in [7, 11) is 3.25. The molecule has 1 aliphatic rings. The van der Waals surface area contributed by atoms with Crippen LogP contribution in [0.3, 0.4) is 0 Å². The van der Waals surface area contributed by atoms with E-state index in [0.29, 0.717) is 17.4 Å². The van der Waals surface area contributed by atoms with E-state index in [2.05, 4.69) is 63.3 Å². The number of aromatic nitrogens is 4. The molecule has 1 N–H and O–H groups in total. The molecule has 0 saturated heterocycles. The molecule has 1 unspecified atom stereocenters. The Kier molecular flexibility index (Phi) is 4.84. The van der Waals surface area contributed by atoms with Crippen molar-refractivity contribution in [3.8, 4) is 22.6 Å². The quantitative estimate of drug-likeness (QED) is 0.524. The smallest absolute Gasteiger partial charge is 0.248 e. The van der Waals surface area contributed by atoms with Gasteiger partial charge in [0, 0.05) is 5.70 Å². The van der Waals surface area contributed by atoms with Crippen LogP contribution in [0.5, 0.6) is 11.5 Å². The molecule has 0 saturated carbocycles. The summed E-state index contributed by atoms with van der Waals surface area (Å²) in [5.41, 5.74) is 5.35. The van der Waals surface area contributed by atoms with Gasteiger partial charge in [0.05, 0.1) is 14.2 Å². The summed E-state index contributed by atoms with van der Waals surface area (Å²) < 4.78 is 12.6. The molecule has 154 valence electrons. The Morgan fingerprint density at radius 1 is 0.806 bits per heavy atom. The molecule has 4 aromatic rings. The Hall–Kier alpha value is -4.13. The molecular formula is C24H21N5O2. The van der Waals surface area contributed by atoms with Crippen molar-refractivity contribution in [1.29, 1.82) is 0 Å². The topological polar surface area (TPSA) is 74.1 Å². The Balaban J connectivity index is 1.52. The normalized spacial score (nSPS) is 14.9. The van der Waals surface area contributed by atoms with E-state index in [4.69, 9.17) is 9.47 Å². The number of benzene rings is 3. The fraction of sp³-hybridized carbons (Fsp3) is 0.125. The lowest BCUT2D eigenvalue weighted by Crippen LogP contribution is -2.20. The summed E-state index contributed by atoms with van der Waals surface area (Å²) in [4.78, 5) is 0. The van der Waals surface area contributed by atoms with Gasteiger partial charge in [-0.15, -0.1) is 0 Å². The summed E-state index contributed by atoms with van der Waals surface area (Å²) in [5, 5.41) is 15.5. The molecule has 0 fully saturated rings. The minimum absolute atomic E-state index is 0.185. The van der Waals surface area contributed by atoms with Crippen molar-refractivity contribution in [2.45, 2.75) is 6.04 Å². The minimum Gasteiger partial charge on any atom is -0.493 e. The molecule has 1 atom stereocenters. The van der Waals surface area contributed by atoms with Crippen molar-refractivity contribution in [2.24, 2.45) is 0 Å². The second-order valence-electron chi connectivity index (χ2n) is 7.16. The number of rotatable bonds is 5. The second-order valence-corrected chi connectivity index (χ2v) is 7.16. The summed E-state index contributed by atoms with van der Waals surface area (Å²) in [6, 6.07) is 24.4. The fourth-order valence-electron chi connectivity index (χ4n) is 3.77. The van der Waals surface area contributed by atoms with Gasteiger partial charge in [0.2, 0.25) is 5.95 Å². The van der Waals surface area contributed by atoms with Crippen molar-refractivity contribution < 1.29 is 9.47 Å². The van der Waals surface area contributed by atoms with Crippen LogP contribution in [-0.2, 0) is 0 Å². The predicted molar refractivity (Wildman–Crippen MR) is 119 cm³/mol. The predicted octanol–water partition coefficient (Wildman–Crippen LogP) is 4.41. The number of hydrogen-bond donors (Lipinski definition) is 1. The summed E-state index contributed by atoms with van der Waals surface area (Å²) >= 11 is 0. The van der Waals surface area contributed by atoms with Gasteiger partial charge in [-0.3, -0.25) is 0 Å². The molecule has 1 aliphatic heterocycles. The van der Waals surface area contributed by atoms with Crippen molar-refractivity contribution >= 4 is 11.6 Å². The Labute approximate surface area is 179 Å². The molecule has 0 radical (unpaired) electrons. The highest BCUT2D eigenvalue weighted by molar-refractivity contribution is 5.78. The molecule has 1 aromatic heterocycles. The van der Waals surface area contributed by atoms with Crippen molar-refractivity contribution in [2.75, 3.05) is 19.5 Å². The summed E-state index contributed by atoms with van der Waals surface area (Å²) in [6.07, 6.45) is 2.11. The van der Waals surface area contributed by atoms with E-state index in [1.165, 1.54) is 11.1 Å². The van der Waals surface area contributed by atoms with Gasteiger partial charge >= 0.3 is 0 Å². The molecule has 5 rings (SSSR count). The van der Waals surface area contributed by atoms with E-state index in [1.807, 2.05) is 36.4 Å². The monoisotopic (exact) mass is 411 g/mol. The van der Waals surface area contributed by atoms with Gasteiger partial charge in [0.25, 0.3) is 0 Å². The van der Waals surface area contributed by atoms with Crippen LogP contribution in [0, 0.1) is 0 Å². The van der Waals surface area contributed by atoms with Gasteiger partial charge in [0.15, 0.2) is 11.5 Å². The van der Waals surface area contributed by atoms with Crippen LogP contribution in [0.15, 0.2) is 78.9 Å². The Bertz CT molecular complexity index is 1230. The Morgan fingerprint density at radius 2 is 1.52 bits per heavy atom. The molecule has 31 heavy (non-hydrogen) atoms. The molecule has 3 aromatic carbocycles. The van der Waals surface area contributed by atoms with Crippen molar-refractivity contribution in [3.63, 3.8) is 0 Å². The van der Waals surface area contributed by atoms with E-state index >= 15 is 0 Å². The Morgan fingerprint density at radius 3 is 2.26 bits per heavy atom. The van der Waals surface area contributed by atoms with Crippen LogP contribution in [0.25, 0.3) is 16.8 Å². The number of allylic oxidation sites excluding steroid dienone is 1. The molecule has 2 heterocycles. The van der Waals surface area contributed by atoms with Crippen LogP contribution in [-0.4, -0.2) is 34.4 Å². The van der Waals surface area contributed by atoms with Crippen molar-refractivity contribution in [1.82, 2.24) is 20.2 Å². The number of nitrogens with zero attached hydrogens (tertiary/aromatic N) is 4. The van der Waals surface area contributed by atoms with Gasteiger partial charge in [-0.1, -0.05) is 65.8 Å². The molecule has 0 aliphatic carbocycles. The highest BCUT2D eigenvalue weighted by Gasteiger charge is 2.25. The second kappa shape index (κ2) is 7.95. The zero-order chi connectivity index (χ0) is 21.2. The maximum Gasteiger partial charge on any atom is 0.248 e. The molecule has 0 amide bonds. The van der Waals surface area contributed by atoms with E-state index in [-0.39, 0.29) is 6.04 Å². The highest BCUT2D eigenvalue weighted by Crippen LogP contribution is 2.36. The van der Waals surface area contributed by atoms with Crippen LogP contribution >= 0.6 is 0 Å². The van der Waals surface area contributed by atoms with Crippen LogP contribution in [0.1, 0.15) is 17.2 Å². The summed E-state index contributed by atoms with van der Waals surface area (Å²) in [6.45, 7) is 0. The number of nitrogens with one attached hydrogen (secondary N) is 1. The van der Waals surface area contributed by atoms with E-state index in [0.717, 1.165) is 16.8 Å². The van der Waals surface area contributed by atoms with Crippen LogP contribution in [0.2, 0.25) is 0 Å². The first-order chi connectivity index (χ1) is 15.3. The van der Waals surface area contributed by atoms with E-state index in [9.17, 15) is 0 Å². The zero-order valence-corrected chi connectivity index (χ0v) is 17.2. The lowest BCUT2D eigenvalue weighted by Gasteiger charge is -2.24. The number of tetrazole rings is 1. The van der Waals surface area contributed by atoms with Gasteiger partial charge in [0.1, 0.15) is 6.04 Å². The lowest BCUT2D eigenvalue weighted by atomic mass is 9.99. The van der Waals surface area contributed by atoms with Gasteiger partial charge in [-0.2, -0.15) is 4.68 Å². The maximum atomic E-state index is 5.48. The first-order valence-corrected chi connectivity index (χ1v) is 9.91. The maximum absolute atomic E-state index is 5.48. The molecule has 0 bridgehead atoms. The minimum atomic E-state index is -0.185. The zero-order valence-electron chi connectivity index (χ0n) is 17.2. The van der Waals surface area contributed by atoms with Crippen LogP contribution in [0.4, 0.5) is 5.95 Å². The average Bonchev–Trinajstić information content (AvgIpc) is 3.32. The van der Waals surface area contributed by atoms with Gasteiger partial charge < -0.3 is 14.8 Å². The van der Waals surface area contributed by atoms with E-state index < -0.39 is 0 Å². The standard InChI is InChI=1S/C24H21N5O2/c1-30-22-13-12-19(14-23(22)31-2)21-15-20(25-24-26-27-28-29(21)24)18-10-8-17(9-11-18)16-6-4-3-5-7-16/h3-15,21H,1-2H3,(H,25,26,28). The first-order valence-electron chi connectivity index (χ1n) is 9.91. The number of methoxy groups -OCH3 is 2. The van der Waals surface area contributed by atoms with Gasteiger partial charge in [-0.05, 0) is 50.9 Å². The molecular weight excluding hydrogens is 390 g/mol. The van der Waals surface area contributed by atoms with E-state index in [1.54, 1.807) is 18.9 Å². The molecule has 0 spiro atoms. The molecule has 7 heteroatoms.